The maximum atomic E-state index is 12.8. The molecular weight excluding hydrogens is 560 g/mol. The second-order valence-electron chi connectivity index (χ2n) is 13.3. The van der Waals surface area contributed by atoms with Crippen LogP contribution in [0.5, 0.6) is 0 Å². The Bertz CT molecular complexity index is 1720. The van der Waals surface area contributed by atoms with Crippen molar-refractivity contribution in [2.24, 2.45) is 0 Å². The number of nitrogens with zero attached hydrogens (tertiary/aromatic N) is 3. The summed E-state index contributed by atoms with van der Waals surface area (Å²) in [4.78, 5) is 31.8. The van der Waals surface area contributed by atoms with Gasteiger partial charge >= 0.3 is 6.09 Å². The predicted octanol–water partition coefficient (Wildman–Crippen LogP) is 7.15. The molecule has 0 saturated carbocycles. The van der Waals surface area contributed by atoms with Gasteiger partial charge in [-0.15, -0.1) is 12.8 Å². The molecule has 4 aromatic rings. The molecule has 3 aliphatic rings. The van der Waals surface area contributed by atoms with Crippen molar-refractivity contribution >= 4 is 6.09 Å². The number of aryl methyl sites for hydroxylation is 4. The van der Waals surface area contributed by atoms with E-state index in [9.17, 15) is 4.79 Å². The van der Waals surface area contributed by atoms with Gasteiger partial charge in [0.25, 0.3) is 0 Å². The molecule has 45 heavy (non-hydrogen) atoms. The molecule has 7 rings (SSSR count). The molecule has 0 radical (unpaired) electrons. The molecule has 2 aliphatic carbocycles. The molecule has 1 saturated heterocycles. The van der Waals surface area contributed by atoms with Crippen molar-refractivity contribution in [3.8, 4) is 46.5 Å². The number of carbonyl (C=O) groups excluding carboxylic acids is 1. The summed E-state index contributed by atoms with van der Waals surface area (Å²) >= 11 is 0. The van der Waals surface area contributed by atoms with Gasteiger partial charge in [-0.05, 0) is 94.5 Å². The summed E-state index contributed by atoms with van der Waals surface area (Å²) < 4.78 is 5.65. The van der Waals surface area contributed by atoms with Gasteiger partial charge in [-0.2, -0.15) is 0 Å². The van der Waals surface area contributed by atoms with E-state index in [2.05, 4.69) is 71.5 Å². The van der Waals surface area contributed by atoms with Crippen molar-refractivity contribution in [3.63, 3.8) is 0 Å². The first-order valence-corrected chi connectivity index (χ1v) is 16.2. The van der Waals surface area contributed by atoms with E-state index in [4.69, 9.17) is 14.7 Å². The average Bonchev–Trinajstić information content (AvgIpc) is 3.80. The molecule has 3 heterocycles. The second kappa shape index (κ2) is 12.6. The fourth-order valence-corrected chi connectivity index (χ4v) is 6.81. The number of fused-ring (bicyclic) bond motifs is 6. The third kappa shape index (κ3) is 6.27. The minimum Gasteiger partial charge on any atom is -0.444 e. The van der Waals surface area contributed by atoms with Gasteiger partial charge in [-0.1, -0.05) is 43.3 Å². The molecule has 234 valence electrons. The Morgan fingerprint density at radius 3 is 2.13 bits per heavy atom. The number of aromatic amines is 2. The maximum absolute atomic E-state index is 12.8. The maximum Gasteiger partial charge on any atom is 0.410 e. The van der Waals surface area contributed by atoms with Crippen LogP contribution in [0.2, 0.25) is 0 Å². The molecule has 1 aliphatic heterocycles. The lowest BCUT2D eigenvalue weighted by molar-refractivity contribution is 0.0229. The van der Waals surface area contributed by atoms with Crippen molar-refractivity contribution in [1.82, 2.24) is 30.2 Å². The van der Waals surface area contributed by atoms with Gasteiger partial charge < -0.3 is 24.9 Å². The van der Waals surface area contributed by atoms with Crippen molar-refractivity contribution < 1.29 is 9.53 Å². The molecule has 2 aromatic carbocycles. The van der Waals surface area contributed by atoms with E-state index >= 15 is 0 Å². The number of terminal acetylenes is 1. The molecule has 1 atom stereocenters. The summed E-state index contributed by atoms with van der Waals surface area (Å²) in [7, 11) is 0. The Morgan fingerprint density at radius 2 is 1.56 bits per heavy atom. The first kappa shape index (κ1) is 30.7. The highest BCUT2D eigenvalue weighted by atomic mass is 16.6. The SMILES string of the molecule is C#C.CCCN(Cc1nc2c([nH]1)CCc1cc(-c3ccc4c(c3)CCc3[nH]c([C@@H]5CCCN5)nc3-4)ccc1-2)C(=O)OC(C)(C)C. The highest BCUT2D eigenvalue weighted by Crippen LogP contribution is 2.38. The van der Waals surface area contributed by atoms with E-state index in [1.165, 1.54) is 45.5 Å². The summed E-state index contributed by atoms with van der Waals surface area (Å²) in [6, 6.07) is 14.0. The number of hydrogen-bond acceptors (Lipinski definition) is 5. The van der Waals surface area contributed by atoms with Gasteiger partial charge in [-0.3, -0.25) is 0 Å². The Labute approximate surface area is 266 Å². The number of H-pyrrole nitrogens is 2. The molecule has 2 aromatic heterocycles. The van der Waals surface area contributed by atoms with E-state index in [0.29, 0.717) is 19.1 Å². The van der Waals surface area contributed by atoms with Crippen LogP contribution in [-0.2, 0) is 37.0 Å². The van der Waals surface area contributed by atoms with Gasteiger partial charge in [0.1, 0.15) is 17.2 Å². The number of rotatable bonds is 6. The number of benzene rings is 2. The van der Waals surface area contributed by atoms with Crippen LogP contribution in [0.3, 0.4) is 0 Å². The highest BCUT2D eigenvalue weighted by Gasteiger charge is 2.27. The lowest BCUT2D eigenvalue weighted by Gasteiger charge is -2.26. The molecule has 1 amide bonds. The summed E-state index contributed by atoms with van der Waals surface area (Å²) in [6.45, 7) is 9.88. The zero-order valence-corrected chi connectivity index (χ0v) is 26.9. The number of carbonyl (C=O) groups is 1. The molecule has 8 nitrogen and oxygen atoms in total. The van der Waals surface area contributed by atoms with Crippen LogP contribution in [-0.4, -0.2) is 49.6 Å². The number of aromatic nitrogens is 4. The number of imidazole rings is 2. The molecular formula is C37H44N6O2. The topological polar surface area (TPSA) is 98.9 Å². The molecule has 8 heteroatoms. The highest BCUT2D eigenvalue weighted by molar-refractivity contribution is 5.78. The molecule has 0 spiro atoms. The molecule has 3 N–H and O–H groups in total. The van der Waals surface area contributed by atoms with Gasteiger partial charge in [0, 0.05) is 29.1 Å². The lowest BCUT2D eigenvalue weighted by Crippen LogP contribution is -2.37. The zero-order valence-electron chi connectivity index (χ0n) is 26.9. The van der Waals surface area contributed by atoms with E-state index in [-0.39, 0.29) is 6.09 Å². The van der Waals surface area contributed by atoms with Gasteiger partial charge in [0.05, 0.1) is 24.0 Å². The molecule has 1 fully saturated rings. The standard InChI is InChI=1S/C35H42N6O2.C2H2/c1-5-17-41(34(42)43-35(2,3)4)20-30-37-27-14-10-23-18-21(8-12-25(23)31(27)39-30)22-9-13-26-24(19-22)11-15-28-32(26)40-33(38-28)29-7-6-16-36-29;1-2/h8-9,12-13,18-19,29,36H,5-7,10-11,14-17,20H2,1-4H3,(H,37,39)(H,38,40);1-2H/t29-;/m0./s1. The normalized spacial score (nSPS) is 16.4. The fourth-order valence-electron chi connectivity index (χ4n) is 6.81. The van der Waals surface area contributed by atoms with E-state index < -0.39 is 5.60 Å². The van der Waals surface area contributed by atoms with Crippen molar-refractivity contribution in [2.75, 3.05) is 13.1 Å². The van der Waals surface area contributed by atoms with E-state index in [1.807, 2.05) is 20.8 Å². The van der Waals surface area contributed by atoms with E-state index in [1.54, 1.807) is 4.90 Å². The lowest BCUT2D eigenvalue weighted by atomic mass is 9.87. The Morgan fingerprint density at radius 1 is 0.933 bits per heavy atom. The van der Waals surface area contributed by atoms with Crippen LogP contribution in [0.25, 0.3) is 33.6 Å². The minimum absolute atomic E-state index is 0.298. The summed E-state index contributed by atoms with van der Waals surface area (Å²) in [6.07, 6.45) is 14.8. The second-order valence-corrected chi connectivity index (χ2v) is 13.3. The van der Waals surface area contributed by atoms with Crippen LogP contribution in [0.1, 0.15) is 87.2 Å². The van der Waals surface area contributed by atoms with Crippen LogP contribution in [0.4, 0.5) is 4.79 Å². The van der Waals surface area contributed by atoms with Crippen LogP contribution in [0.15, 0.2) is 36.4 Å². The third-order valence-corrected chi connectivity index (χ3v) is 8.84. The molecule has 0 unspecified atom stereocenters. The van der Waals surface area contributed by atoms with Crippen LogP contribution >= 0.6 is 0 Å². The summed E-state index contributed by atoms with van der Waals surface area (Å²) in [5.41, 5.74) is 11.7. The number of hydrogen-bond donors (Lipinski definition) is 3. The van der Waals surface area contributed by atoms with Gasteiger partial charge in [0.2, 0.25) is 0 Å². The first-order valence-electron chi connectivity index (χ1n) is 16.2. The summed E-state index contributed by atoms with van der Waals surface area (Å²) in [5, 5.41) is 3.57. The smallest absolute Gasteiger partial charge is 0.410 e. The Kier molecular flexibility index (Phi) is 8.56. The van der Waals surface area contributed by atoms with Gasteiger partial charge in [-0.25, -0.2) is 14.8 Å². The molecule has 0 bridgehead atoms. The number of ether oxygens (including phenoxy) is 1. The zero-order chi connectivity index (χ0) is 31.7. The average molecular weight is 605 g/mol. The monoisotopic (exact) mass is 604 g/mol. The van der Waals surface area contributed by atoms with E-state index in [0.717, 1.165) is 73.8 Å². The first-order chi connectivity index (χ1) is 21.8. The Balaban J connectivity index is 0.00000175. The largest absolute Gasteiger partial charge is 0.444 e. The fraction of sp³-hybridized carbons (Fsp3) is 0.432. The van der Waals surface area contributed by atoms with Gasteiger partial charge in [0.15, 0.2) is 0 Å². The van der Waals surface area contributed by atoms with Crippen molar-refractivity contribution in [3.05, 3.63) is 70.6 Å². The van der Waals surface area contributed by atoms with Crippen molar-refractivity contribution in [1.29, 1.82) is 0 Å². The van der Waals surface area contributed by atoms with Crippen LogP contribution < -0.4 is 5.32 Å². The van der Waals surface area contributed by atoms with Crippen molar-refractivity contribution in [2.45, 2.75) is 90.8 Å². The Hall–Kier alpha value is -4.35. The number of amides is 1. The number of nitrogens with one attached hydrogen (secondary N) is 3. The summed E-state index contributed by atoms with van der Waals surface area (Å²) in [5.74, 6) is 1.90. The third-order valence-electron chi connectivity index (χ3n) is 8.84. The van der Waals surface area contributed by atoms with Crippen LogP contribution in [0, 0.1) is 12.8 Å². The minimum atomic E-state index is -0.529. The quantitative estimate of drug-likeness (QED) is 0.203. The predicted molar refractivity (Wildman–Crippen MR) is 179 cm³/mol.